The number of hydrogen-bond donors (Lipinski definition) is 2. The third kappa shape index (κ3) is 3.95. The molecular weight excluding hydrogens is 365 g/mol. The molecule has 2 rings (SSSR count). The van der Waals surface area contributed by atoms with Crippen LogP contribution in [0.15, 0.2) is 46.9 Å². The zero-order valence-corrected chi connectivity index (χ0v) is 12.9. The first-order valence-corrected chi connectivity index (χ1v) is 7.01. The van der Waals surface area contributed by atoms with Crippen molar-refractivity contribution in [1.82, 2.24) is 0 Å². The van der Waals surface area contributed by atoms with Gasteiger partial charge in [0.25, 0.3) is 0 Å². The second-order valence-electron chi connectivity index (χ2n) is 4.26. The topological polar surface area (TPSA) is 38.0 Å². The summed E-state index contributed by atoms with van der Waals surface area (Å²) in [5.74, 6) is 0. The van der Waals surface area contributed by atoms with E-state index >= 15 is 0 Å². The van der Waals surface area contributed by atoms with Gasteiger partial charge in [-0.25, -0.2) is 0 Å². The summed E-state index contributed by atoms with van der Waals surface area (Å²) in [7, 11) is 0. The molecule has 2 nitrogen and oxygen atoms in total. The minimum Gasteiger partial charge on any atom is -0.389 e. The molecule has 0 aliphatic carbocycles. The minimum atomic E-state index is -4.34. The molecule has 2 aromatic rings. The predicted molar refractivity (Wildman–Crippen MR) is 84.8 cm³/mol. The normalized spacial score (nSPS) is 11.2. The first-order valence-electron chi connectivity index (χ1n) is 5.81. The Kier molecular flexibility index (Phi) is 4.53. The minimum absolute atomic E-state index is 0.275. The van der Waals surface area contributed by atoms with Gasteiger partial charge in [-0.3, -0.25) is 0 Å². The molecule has 110 valence electrons. The maximum absolute atomic E-state index is 12.5. The SMILES string of the molecule is NC(=S)c1ccc(Nc2ccc(C(F)(F)F)cc2)c(Br)c1. The van der Waals surface area contributed by atoms with Gasteiger partial charge in [0.05, 0.1) is 11.3 Å². The summed E-state index contributed by atoms with van der Waals surface area (Å²) in [6.07, 6.45) is -4.34. The number of rotatable bonds is 3. The van der Waals surface area contributed by atoms with Crippen LogP contribution in [0.2, 0.25) is 0 Å². The van der Waals surface area contributed by atoms with Gasteiger partial charge in [0, 0.05) is 15.7 Å². The Morgan fingerprint density at radius 3 is 2.19 bits per heavy atom. The Labute approximate surface area is 133 Å². The van der Waals surface area contributed by atoms with Crippen LogP contribution in [0.5, 0.6) is 0 Å². The molecular formula is C14H10BrF3N2S. The molecule has 0 aliphatic rings. The molecule has 0 unspecified atom stereocenters. The van der Waals surface area contributed by atoms with Crippen LogP contribution < -0.4 is 11.1 Å². The van der Waals surface area contributed by atoms with Crippen LogP contribution in [0.3, 0.4) is 0 Å². The number of nitrogens with two attached hydrogens (primary N) is 1. The van der Waals surface area contributed by atoms with Gasteiger partial charge in [0.15, 0.2) is 0 Å². The van der Waals surface area contributed by atoms with Gasteiger partial charge >= 0.3 is 6.18 Å². The molecule has 21 heavy (non-hydrogen) atoms. The summed E-state index contributed by atoms with van der Waals surface area (Å²) in [5.41, 5.74) is 6.80. The molecule has 0 atom stereocenters. The first kappa shape index (κ1) is 15.8. The summed E-state index contributed by atoms with van der Waals surface area (Å²) in [6.45, 7) is 0. The van der Waals surface area contributed by atoms with Crippen LogP contribution in [0.25, 0.3) is 0 Å². The Hall–Kier alpha value is -1.60. The van der Waals surface area contributed by atoms with Crippen LogP contribution >= 0.6 is 28.1 Å². The van der Waals surface area contributed by atoms with Crippen molar-refractivity contribution >= 4 is 44.5 Å². The van der Waals surface area contributed by atoms with Gasteiger partial charge in [-0.15, -0.1) is 0 Å². The van der Waals surface area contributed by atoms with Crippen LogP contribution in [0.1, 0.15) is 11.1 Å². The van der Waals surface area contributed by atoms with E-state index in [1.165, 1.54) is 12.1 Å². The van der Waals surface area contributed by atoms with Gasteiger partial charge in [-0.2, -0.15) is 13.2 Å². The molecule has 0 aliphatic heterocycles. The van der Waals surface area contributed by atoms with Crippen LogP contribution in [-0.4, -0.2) is 4.99 Å². The van der Waals surface area contributed by atoms with Crippen molar-refractivity contribution in [1.29, 1.82) is 0 Å². The Balaban J connectivity index is 2.20. The van der Waals surface area contributed by atoms with E-state index in [0.29, 0.717) is 21.4 Å². The van der Waals surface area contributed by atoms with E-state index in [1.807, 2.05) is 0 Å². The van der Waals surface area contributed by atoms with E-state index in [0.717, 1.165) is 12.1 Å². The zero-order valence-electron chi connectivity index (χ0n) is 10.5. The highest BCUT2D eigenvalue weighted by Crippen LogP contribution is 2.31. The van der Waals surface area contributed by atoms with Crippen molar-refractivity contribution in [2.24, 2.45) is 5.73 Å². The van der Waals surface area contributed by atoms with Crippen molar-refractivity contribution in [2.75, 3.05) is 5.32 Å². The van der Waals surface area contributed by atoms with Crippen molar-refractivity contribution in [3.8, 4) is 0 Å². The molecule has 0 saturated carbocycles. The third-order valence-electron chi connectivity index (χ3n) is 2.74. The largest absolute Gasteiger partial charge is 0.416 e. The van der Waals surface area contributed by atoms with Gasteiger partial charge in [-0.1, -0.05) is 12.2 Å². The number of halogens is 4. The third-order valence-corrected chi connectivity index (χ3v) is 3.64. The number of thiocarbonyl (C=S) groups is 1. The van der Waals surface area contributed by atoms with Crippen LogP contribution in [0, 0.1) is 0 Å². The summed E-state index contributed by atoms with van der Waals surface area (Å²) in [5, 5.41) is 3.02. The number of alkyl halides is 3. The lowest BCUT2D eigenvalue weighted by atomic mass is 10.1. The summed E-state index contributed by atoms with van der Waals surface area (Å²) < 4.78 is 38.2. The molecule has 2 aromatic carbocycles. The Bertz CT molecular complexity index is 669. The number of hydrogen-bond acceptors (Lipinski definition) is 2. The van der Waals surface area contributed by atoms with Crippen LogP contribution in [-0.2, 0) is 6.18 Å². The molecule has 0 radical (unpaired) electrons. The second kappa shape index (κ2) is 6.03. The monoisotopic (exact) mass is 374 g/mol. The standard InChI is InChI=1S/C14H10BrF3N2S/c15-11-7-8(13(19)21)1-6-12(11)20-10-4-2-9(3-5-10)14(16,17)18/h1-7,20H,(H2,19,21). The van der Waals surface area contributed by atoms with Gasteiger partial charge in [0.1, 0.15) is 4.99 Å². The van der Waals surface area contributed by atoms with Gasteiger partial charge in [-0.05, 0) is 58.4 Å². The highest BCUT2D eigenvalue weighted by molar-refractivity contribution is 9.10. The molecule has 0 aromatic heterocycles. The Morgan fingerprint density at radius 2 is 1.71 bits per heavy atom. The highest BCUT2D eigenvalue weighted by Gasteiger charge is 2.29. The molecule has 0 amide bonds. The molecule has 0 saturated heterocycles. The van der Waals surface area contributed by atoms with Crippen molar-refractivity contribution in [3.05, 3.63) is 58.1 Å². The molecule has 7 heteroatoms. The number of anilines is 2. The fraction of sp³-hybridized carbons (Fsp3) is 0.0714. The zero-order chi connectivity index (χ0) is 15.6. The maximum Gasteiger partial charge on any atom is 0.416 e. The van der Waals surface area contributed by atoms with Crippen molar-refractivity contribution < 1.29 is 13.2 Å². The predicted octanol–water partition coefficient (Wildman–Crippen LogP) is 4.85. The lowest BCUT2D eigenvalue weighted by Crippen LogP contribution is -2.09. The van der Waals surface area contributed by atoms with E-state index in [-0.39, 0.29) is 4.99 Å². The second-order valence-corrected chi connectivity index (χ2v) is 5.55. The lowest BCUT2D eigenvalue weighted by molar-refractivity contribution is -0.137. The van der Waals surface area contributed by atoms with E-state index in [9.17, 15) is 13.2 Å². The average Bonchev–Trinajstić information content (AvgIpc) is 2.40. The van der Waals surface area contributed by atoms with Crippen molar-refractivity contribution in [3.63, 3.8) is 0 Å². The summed E-state index contributed by atoms with van der Waals surface area (Å²) >= 11 is 8.24. The lowest BCUT2D eigenvalue weighted by Gasteiger charge is -2.11. The van der Waals surface area contributed by atoms with E-state index in [4.69, 9.17) is 18.0 Å². The highest BCUT2D eigenvalue weighted by atomic mass is 79.9. The molecule has 0 bridgehead atoms. The van der Waals surface area contributed by atoms with Gasteiger partial charge < -0.3 is 11.1 Å². The summed E-state index contributed by atoms with van der Waals surface area (Å²) in [4.78, 5) is 0.275. The fourth-order valence-electron chi connectivity index (χ4n) is 1.67. The molecule has 0 fully saturated rings. The van der Waals surface area contributed by atoms with E-state index in [2.05, 4.69) is 21.2 Å². The number of benzene rings is 2. The quantitative estimate of drug-likeness (QED) is 0.754. The first-order chi connectivity index (χ1) is 9.77. The average molecular weight is 375 g/mol. The molecule has 0 heterocycles. The maximum atomic E-state index is 12.5. The van der Waals surface area contributed by atoms with E-state index < -0.39 is 11.7 Å². The smallest absolute Gasteiger partial charge is 0.389 e. The van der Waals surface area contributed by atoms with Crippen molar-refractivity contribution in [2.45, 2.75) is 6.18 Å². The van der Waals surface area contributed by atoms with E-state index in [1.54, 1.807) is 18.2 Å². The molecule has 0 spiro atoms. The summed E-state index contributed by atoms with van der Waals surface area (Å²) in [6, 6.07) is 10.0. The molecule has 3 N–H and O–H groups in total. The van der Waals surface area contributed by atoms with Gasteiger partial charge in [0.2, 0.25) is 0 Å². The number of nitrogens with one attached hydrogen (secondary N) is 1. The fourth-order valence-corrected chi connectivity index (χ4v) is 2.27. The van der Waals surface area contributed by atoms with Crippen LogP contribution in [0.4, 0.5) is 24.5 Å². The Morgan fingerprint density at radius 1 is 1.10 bits per heavy atom.